The first-order valence-electron chi connectivity index (χ1n) is 6.62. The highest BCUT2D eigenvalue weighted by molar-refractivity contribution is 6.30. The van der Waals surface area contributed by atoms with Crippen molar-refractivity contribution in [2.75, 3.05) is 38.8 Å². The highest BCUT2D eigenvalue weighted by Crippen LogP contribution is 2.11. The lowest BCUT2D eigenvalue weighted by Crippen LogP contribution is -2.07. The minimum Gasteiger partial charge on any atom is -0.382 e. The third-order valence-corrected chi connectivity index (χ3v) is 2.95. The van der Waals surface area contributed by atoms with Crippen molar-refractivity contribution in [3.05, 3.63) is 23.4 Å². The van der Waals surface area contributed by atoms with Gasteiger partial charge < -0.3 is 14.8 Å². The number of hydrogen-bond donors (Lipinski definition) is 1. The molecular formula is C13H19ClN4O2. The summed E-state index contributed by atoms with van der Waals surface area (Å²) in [6, 6.07) is 3.64. The molecule has 20 heavy (non-hydrogen) atoms. The largest absolute Gasteiger partial charge is 0.382 e. The SMILES string of the molecule is COCCOCCCCNc1nc2ccc(Cl)cn2n1. The molecule has 2 heterocycles. The molecule has 2 rings (SSSR count). The van der Waals surface area contributed by atoms with E-state index < -0.39 is 0 Å². The molecule has 0 saturated heterocycles. The normalized spacial score (nSPS) is 11.1. The van der Waals surface area contributed by atoms with E-state index in [1.165, 1.54) is 0 Å². The third-order valence-electron chi connectivity index (χ3n) is 2.73. The summed E-state index contributed by atoms with van der Waals surface area (Å²) in [6.45, 7) is 2.86. The number of pyridine rings is 1. The lowest BCUT2D eigenvalue weighted by molar-refractivity contribution is 0.0691. The van der Waals surface area contributed by atoms with E-state index in [1.807, 2.05) is 6.07 Å². The summed E-state index contributed by atoms with van der Waals surface area (Å²) in [5.74, 6) is 0.618. The fraction of sp³-hybridized carbons (Fsp3) is 0.538. The number of rotatable bonds is 9. The van der Waals surface area contributed by atoms with Gasteiger partial charge in [0, 0.05) is 26.5 Å². The molecule has 0 fully saturated rings. The lowest BCUT2D eigenvalue weighted by Gasteiger charge is -2.03. The number of hydrogen-bond acceptors (Lipinski definition) is 5. The minimum atomic E-state index is 0.618. The van der Waals surface area contributed by atoms with Crippen LogP contribution in [0, 0.1) is 0 Å². The first kappa shape index (κ1) is 15.0. The maximum absolute atomic E-state index is 5.89. The molecule has 1 N–H and O–H groups in total. The Balaban J connectivity index is 1.65. The van der Waals surface area contributed by atoms with Crippen LogP contribution in [0.25, 0.3) is 5.65 Å². The first-order chi connectivity index (χ1) is 9.79. The van der Waals surface area contributed by atoms with Crippen LogP contribution in [0.1, 0.15) is 12.8 Å². The summed E-state index contributed by atoms with van der Waals surface area (Å²) in [4.78, 5) is 4.35. The monoisotopic (exact) mass is 298 g/mol. The molecule has 2 aromatic rings. The van der Waals surface area contributed by atoms with Crippen molar-refractivity contribution >= 4 is 23.2 Å². The number of methoxy groups -OCH3 is 1. The molecule has 110 valence electrons. The average molecular weight is 299 g/mol. The number of halogens is 1. The van der Waals surface area contributed by atoms with E-state index in [4.69, 9.17) is 21.1 Å². The van der Waals surface area contributed by atoms with Gasteiger partial charge in [-0.05, 0) is 25.0 Å². The zero-order valence-electron chi connectivity index (χ0n) is 11.5. The number of nitrogens with one attached hydrogen (secondary N) is 1. The van der Waals surface area contributed by atoms with Crippen LogP contribution >= 0.6 is 11.6 Å². The van der Waals surface area contributed by atoms with Crippen molar-refractivity contribution in [1.82, 2.24) is 14.6 Å². The minimum absolute atomic E-state index is 0.618. The van der Waals surface area contributed by atoms with Gasteiger partial charge in [-0.25, -0.2) is 4.52 Å². The van der Waals surface area contributed by atoms with Crippen molar-refractivity contribution in [3.8, 4) is 0 Å². The molecule has 2 aromatic heterocycles. The Bertz CT molecular complexity index is 532. The molecule has 0 aliphatic rings. The summed E-state index contributed by atoms with van der Waals surface area (Å²) in [7, 11) is 1.67. The molecule has 7 heteroatoms. The fourth-order valence-electron chi connectivity index (χ4n) is 1.71. The van der Waals surface area contributed by atoms with E-state index in [0.717, 1.165) is 31.6 Å². The van der Waals surface area contributed by atoms with Crippen LogP contribution < -0.4 is 5.32 Å². The van der Waals surface area contributed by atoms with E-state index >= 15 is 0 Å². The zero-order valence-corrected chi connectivity index (χ0v) is 12.3. The second-order valence-corrected chi connectivity index (χ2v) is 4.76. The van der Waals surface area contributed by atoms with Crippen LogP contribution in [0.4, 0.5) is 5.95 Å². The number of aromatic nitrogens is 3. The molecule has 0 radical (unpaired) electrons. The van der Waals surface area contributed by atoms with Crippen molar-refractivity contribution in [1.29, 1.82) is 0 Å². The standard InChI is InChI=1S/C13H19ClN4O2/c1-19-8-9-20-7-3-2-6-15-13-16-12-5-4-11(14)10-18(12)17-13/h4-5,10H,2-3,6-9H2,1H3,(H,15,17). The Kier molecular flexibility index (Phi) is 6.04. The van der Waals surface area contributed by atoms with E-state index in [2.05, 4.69) is 15.4 Å². The highest BCUT2D eigenvalue weighted by Gasteiger charge is 2.02. The highest BCUT2D eigenvalue weighted by atomic mass is 35.5. The van der Waals surface area contributed by atoms with E-state index in [-0.39, 0.29) is 0 Å². The lowest BCUT2D eigenvalue weighted by atomic mass is 10.3. The summed E-state index contributed by atoms with van der Waals surface area (Å²) in [5.41, 5.74) is 0.778. The second-order valence-electron chi connectivity index (χ2n) is 4.32. The third kappa shape index (κ3) is 4.63. The maximum atomic E-state index is 5.89. The molecule has 0 amide bonds. The van der Waals surface area contributed by atoms with Gasteiger partial charge in [-0.15, -0.1) is 5.10 Å². The Morgan fingerprint density at radius 2 is 2.15 bits per heavy atom. The van der Waals surface area contributed by atoms with Gasteiger partial charge in [0.25, 0.3) is 0 Å². The summed E-state index contributed by atoms with van der Waals surface area (Å²) >= 11 is 5.89. The molecule has 0 aliphatic carbocycles. The second kappa shape index (κ2) is 8.04. The van der Waals surface area contributed by atoms with Crippen molar-refractivity contribution in [3.63, 3.8) is 0 Å². The topological polar surface area (TPSA) is 60.7 Å². The molecule has 0 unspecified atom stereocenters. The molecular weight excluding hydrogens is 280 g/mol. The summed E-state index contributed by atoms with van der Waals surface area (Å²) in [6.07, 6.45) is 3.73. The number of anilines is 1. The van der Waals surface area contributed by atoms with Crippen LogP contribution in [0.2, 0.25) is 5.02 Å². The van der Waals surface area contributed by atoms with Crippen LogP contribution in [0.15, 0.2) is 18.3 Å². The molecule has 0 bridgehead atoms. The molecule has 6 nitrogen and oxygen atoms in total. The predicted molar refractivity (Wildman–Crippen MR) is 78.4 cm³/mol. The van der Waals surface area contributed by atoms with E-state index in [9.17, 15) is 0 Å². The fourth-order valence-corrected chi connectivity index (χ4v) is 1.86. The van der Waals surface area contributed by atoms with Gasteiger partial charge in [-0.1, -0.05) is 11.6 Å². The van der Waals surface area contributed by atoms with Gasteiger partial charge in [0.15, 0.2) is 5.65 Å². The van der Waals surface area contributed by atoms with Gasteiger partial charge >= 0.3 is 0 Å². The smallest absolute Gasteiger partial charge is 0.243 e. The van der Waals surface area contributed by atoms with Crippen LogP contribution in [-0.2, 0) is 9.47 Å². The summed E-state index contributed by atoms with van der Waals surface area (Å²) in [5, 5.41) is 8.12. The van der Waals surface area contributed by atoms with Gasteiger partial charge in [-0.2, -0.15) is 4.98 Å². The molecule has 0 atom stereocenters. The number of fused-ring (bicyclic) bond motifs is 1. The summed E-state index contributed by atoms with van der Waals surface area (Å²) < 4.78 is 11.9. The molecule has 0 saturated carbocycles. The first-order valence-corrected chi connectivity index (χ1v) is 7.00. The predicted octanol–water partition coefficient (Wildman–Crippen LogP) is 2.24. The Labute approximate surface area is 123 Å². The van der Waals surface area contributed by atoms with Gasteiger partial charge in [-0.3, -0.25) is 0 Å². The van der Waals surface area contributed by atoms with Gasteiger partial charge in [0.2, 0.25) is 5.95 Å². The van der Waals surface area contributed by atoms with Crippen molar-refractivity contribution < 1.29 is 9.47 Å². The molecule has 0 aromatic carbocycles. The van der Waals surface area contributed by atoms with Crippen LogP contribution in [-0.4, -0.2) is 48.1 Å². The van der Waals surface area contributed by atoms with Gasteiger partial charge in [0.1, 0.15) is 0 Å². The molecule has 0 aliphatic heterocycles. The van der Waals surface area contributed by atoms with Crippen LogP contribution in [0.3, 0.4) is 0 Å². The molecule has 0 spiro atoms. The van der Waals surface area contributed by atoms with E-state index in [1.54, 1.807) is 23.9 Å². The Morgan fingerprint density at radius 1 is 1.25 bits per heavy atom. The van der Waals surface area contributed by atoms with E-state index in [0.29, 0.717) is 24.2 Å². The Morgan fingerprint density at radius 3 is 3.00 bits per heavy atom. The Hall–Kier alpha value is -1.37. The zero-order chi connectivity index (χ0) is 14.2. The number of ether oxygens (including phenoxy) is 2. The average Bonchev–Trinajstić information content (AvgIpc) is 2.83. The maximum Gasteiger partial charge on any atom is 0.243 e. The number of unbranched alkanes of at least 4 members (excludes halogenated alkanes) is 1. The quantitative estimate of drug-likeness (QED) is 0.719. The van der Waals surface area contributed by atoms with Gasteiger partial charge in [0.05, 0.1) is 18.2 Å². The van der Waals surface area contributed by atoms with Crippen molar-refractivity contribution in [2.45, 2.75) is 12.8 Å². The van der Waals surface area contributed by atoms with Crippen LogP contribution in [0.5, 0.6) is 0 Å². The van der Waals surface area contributed by atoms with Crippen molar-refractivity contribution in [2.24, 2.45) is 0 Å². The number of nitrogens with zero attached hydrogens (tertiary/aromatic N) is 3.